The second kappa shape index (κ2) is 5.02. The smallest absolute Gasteiger partial charge is 0.143 e. The van der Waals surface area contributed by atoms with Crippen LogP contribution >= 0.6 is 15.9 Å². The van der Waals surface area contributed by atoms with E-state index in [-0.39, 0.29) is 0 Å². The van der Waals surface area contributed by atoms with E-state index in [1.54, 1.807) is 0 Å². The normalized spacial score (nSPS) is 10.8. The van der Waals surface area contributed by atoms with E-state index in [1.807, 2.05) is 0 Å². The molecule has 0 radical (unpaired) electrons. The van der Waals surface area contributed by atoms with Crippen LogP contribution in [0.15, 0.2) is 22.7 Å². The fraction of sp³-hybridized carbons (Fsp3) is 0.308. The fourth-order valence-corrected chi connectivity index (χ4v) is 2.38. The molecule has 90 valence electrons. The molecule has 0 atom stereocenters. The molecule has 0 bridgehead atoms. The first-order valence-corrected chi connectivity index (χ1v) is 6.52. The Morgan fingerprint density at radius 1 is 1.41 bits per heavy atom. The minimum absolute atomic E-state index is 0.769. The van der Waals surface area contributed by atoms with Crippen LogP contribution in [0.3, 0.4) is 0 Å². The molecule has 0 aliphatic heterocycles. The summed E-state index contributed by atoms with van der Waals surface area (Å²) in [6.45, 7) is 4.20. The highest BCUT2D eigenvalue weighted by atomic mass is 79.9. The number of benzene rings is 1. The van der Waals surface area contributed by atoms with Gasteiger partial charge in [-0.25, -0.2) is 10.8 Å². The number of anilines is 1. The van der Waals surface area contributed by atoms with Crippen molar-refractivity contribution in [1.29, 1.82) is 0 Å². The van der Waals surface area contributed by atoms with Crippen LogP contribution in [0, 0.1) is 6.92 Å². The number of fused-ring (bicyclic) bond motifs is 1. The Bertz CT molecular complexity index is 552. The number of nitrogen functional groups attached to an aromatic ring is 1. The number of nitrogens with zero attached hydrogens (tertiary/aromatic N) is 1. The van der Waals surface area contributed by atoms with Gasteiger partial charge in [0.1, 0.15) is 5.82 Å². The van der Waals surface area contributed by atoms with E-state index >= 15 is 0 Å². The van der Waals surface area contributed by atoms with Crippen molar-refractivity contribution in [1.82, 2.24) is 4.98 Å². The molecule has 0 saturated heterocycles. The van der Waals surface area contributed by atoms with Crippen LogP contribution < -0.4 is 11.3 Å². The molecule has 0 amide bonds. The van der Waals surface area contributed by atoms with E-state index in [0.717, 1.165) is 34.0 Å². The van der Waals surface area contributed by atoms with Crippen LogP contribution in [0.2, 0.25) is 0 Å². The third-order valence-electron chi connectivity index (χ3n) is 2.85. The summed E-state index contributed by atoms with van der Waals surface area (Å²) in [5, 5.41) is 1.14. The number of aryl methyl sites for hydroxylation is 2. The number of aromatic nitrogens is 1. The van der Waals surface area contributed by atoms with Crippen molar-refractivity contribution in [3.8, 4) is 0 Å². The van der Waals surface area contributed by atoms with Gasteiger partial charge in [0, 0.05) is 9.86 Å². The van der Waals surface area contributed by atoms with Gasteiger partial charge < -0.3 is 5.43 Å². The number of halogens is 1. The lowest BCUT2D eigenvalue weighted by molar-refractivity contribution is 0.917. The van der Waals surface area contributed by atoms with E-state index < -0.39 is 0 Å². The molecule has 2 aromatic rings. The first kappa shape index (κ1) is 12.3. The number of hydrogen-bond donors (Lipinski definition) is 2. The van der Waals surface area contributed by atoms with E-state index in [1.165, 1.54) is 11.1 Å². The third kappa shape index (κ3) is 2.28. The summed E-state index contributed by atoms with van der Waals surface area (Å²) in [5.41, 5.74) is 5.99. The average molecular weight is 294 g/mol. The van der Waals surface area contributed by atoms with E-state index in [9.17, 15) is 0 Å². The highest BCUT2D eigenvalue weighted by Gasteiger charge is 2.08. The predicted molar refractivity (Wildman–Crippen MR) is 76.0 cm³/mol. The lowest BCUT2D eigenvalue weighted by Crippen LogP contribution is -2.11. The van der Waals surface area contributed by atoms with Crippen molar-refractivity contribution in [2.45, 2.75) is 26.7 Å². The van der Waals surface area contributed by atoms with Crippen molar-refractivity contribution in [3.05, 3.63) is 33.8 Å². The molecule has 1 aromatic carbocycles. The topological polar surface area (TPSA) is 50.9 Å². The Labute approximate surface area is 110 Å². The van der Waals surface area contributed by atoms with Crippen LogP contribution in [0.5, 0.6) is 0 Å². The quantitative estimate of drug-likeness (QED) is 0.672. The van der Waals surface area contributed by atoms with Crippen LogP contribution in [-0.2, 0) is 6.42 Å². The van der Waals surface area contributed by atoms with Crippen molar-refractivity contribution >= 4 is 32.7 Å². The van der Waals surface area contributed by atoms with Gasteiger partial charge in [0.2, 0.25) is 0 Å². The number of rotatable bonds is 3. The van der Waals surface area contributed by atoms with Crippen molar-refractivity contribution in [3.63, 3.8) is 0 Å². The zero-order chi connectivity index (χ0) is 12.4. The van der Waals surface area contributed by atoms with Crippen LogP contribution in [0.25, 0.3) is 10.9 Å². The molecular formula is C13H16BrN3. The van der Waals surface area contributed by atoms with Crippen molar-refractivity contribution in [2.24, 2.45) is 5.84 Å². The van der Waals surface area contributed by atoms with E-state index in [2.05, 4.69) is 58.4 Å². The Morgan fingerprint density at radius 3 is 2.82 bits per heavy atom. The van der Waals surface area contributed by atoms with Gasteiger partial charge in [0.05, 0.1) is 5.52 Å². The van der Waals surface area contributed by atoms with Gasteiger partial charge in [-0.3, -0.25) is 0 Å². The molecule has 2 rings (SSSR count). The van der Waals surface area contributed by atoms with Gasteiger partial charge >= 0.3 is 0 Å². The second-order valence-electron chi connectivity index (χ2n) is 4.16. The summed E-state index contributed by atoms with van der Waals surface area (Å²) >= 11 is 3.58. The maximum absolute atomic E-state index is 5.53. The maximum Gasteiger partial charge on any atom is 0.143 e. The number of hydrogen-bond acceptors (Lipinski definition) is 3. The van der Waals surface area contributed by atoms with E-state index in [4.69, 9.17) is 5.84 Å². The van der Waals surface area contributed by atoms with Gasteiger partial charge in [-0.15, -0.1) is 0 Å². The summed E-state index contributed by atoms with van der Waals surface area (Å²) < 4.78 is 1.04. The fourth-order valence-electron chi connectivity index (χ4n) is 1.94. The Balaban J connectivity index is 2.69. The van der Waals surface area contributed by atoms with Gasteiger partial charge in [-0.05, 0) is 46.5 Å². The predicted octanol–water partition coefficient (Wildman–Crippen LogP) is 3.54. The molecule has 1 heterocycles. The number of nitrogens with two attached hydrogens (primary N) is 1. The molecule has 0 aliphatic rings. The van der Waals surface area contributed by atoms with Gasteiger partial charge in [-0.2, -0.15) is 0 Å². The zero-order valence-electron chi connectivity index (χ0n) is 10.0. The molecule has 17 heavy (non-hydrogen) atoms. The minimum atomic E-state index is 0.769. The largest absolute Gasteiger partial charge is 0.308 e. The van der Waals surface area contributed by atoms with Gasteiger partial charge in [0.15, 0.2) is 0 Å². The molecule has 0 spiro atoms. The second-order valence-corrected chi connectivity index (χ2v) is 4.95. The van der Waals surface area contributed by atoms with Gasteiger partial charge in [0.25, 0.3) is 0 Å². The molecule has 0 fully saturated rings. The summed E-state index contributed by atoms with van der Waals surface area (Å²) in [4.78, 5) is 4.59. The molecule has 3 N–H and O–H groups in total. The van der Waals surface area contributed by atoms with Crippen LogP contribution in [-0.4, -0.2) is 4.98 Å². The average Bonchev–Trinajstić information content (AvgIpc) is 2.34. The number of pyridine rings is 1. The molecular weight excluding hydrogens is 278 g/mol. The minimum Gasteiger partial charge on any atom is -0.308 e. The van der Waals surface area contributed by atoms with Crippen molar-refractivity contribution < 1.29 is 0 Å². The standard InChI is InChI=1S/C13H16BrN3/c1-3-4-10-7-9-6-5-8(2)11(14)12(9)16-13(10)17-15/h5-7H,3-4,15H2,1-2H3,(H,16,17). The Hall–Kier alpha value is -1.13. The van der Waals surface area contributed by atoms with Crippen molar-refractivity contribution in [2.75, 3.05) is 5.43 Å². The molecule has 1 aromatic heterocycles. The van der Waals surface area contributed by atoms with Gasteiger partial charge in [-0.1, -0.05) is 25.5 Å². The lowest BCUT2D eigenvalue weighted by Gasteiger charge is -2.11. The Kier molecular flexibility index (Phi) is 3.64. The van der Waals surface area contributed by atoms with Crippen LogP contribution in [0.1, 0.15) is 24.5 Å². The zero-order valence-corrected chi connectivity index (χ0v) is 11.6. The summed E-state index contributed by atoms with van der Waals surface area (Å²) in [5.74, 6) is 6.30. The molecule has 4 heteroatoms. The summed E-state index contributed by atoms with van der Waals surface area (Å²) in [6, 6.07) is 6.35. The number of nitrogens with one attached hydrogen (secondary N) is 1. The monoisotopic (exact) mass is 293 g/mol. The lowest BCUT2D eigenvalue weighted by atomic mass is 10.1. The number of hydrazine groups is 1. The molecule has 0 saturated carbocycles. The summed E-state index contributed by atoms with van der Waals surface area (Å²) in [6.07, 6.45) is 2.06. The molecule has 3 nitrogen and oxygen atoms in total. The first-order chi connectivity index (χ1) is 8.17. The maximum atomic E-state index is 5.53. The SMILES string of the molecule is CCCc1cc2ccc(C)c(Br)c2nc1NN. The molecule has 0 unspecified atom stereocenters. The highest BCUT2D eigenvalue weighted by molar-refractivity contribution is 9.10. The van der Waals surface area contributed by atoms with Crippen LogP contribution in [0.4, 0.5) is 5.82 Å². The highest BCUT2D eigenvalue weighted by Crippen LogP contribution is 2.29. The Morgan fingerprint density at radius 2 is 2.18 bits per heavy atom. The third-order valence-corrected chi connectivity index (χ3v) is 3.85. The molecule has 0 aliphatic carbocycles. The van der Waals surface area contributed by atoms with E-state index in [0.29, 0.717) is 0 Å². The first-order valence-electron chi connectivity index (χ1n) is 5.72. The summed E-state index contributed by atoms with van der Waals surface area (Å²) in [7, 11) is 0.